The van der Waals surface area contributed by atoms with Crippen LogP contribution in [0.25, 0.3) is 10.9 Å². The minimum absolute atomic E-state index is 0.155. The minimum atomic E-state index is -0.561. The van der Waals surface area contributed by atoms with Gasteiger partial charge in [-0.25, -0.2) is 0 Å². The second-order valence-electron chi connectivity index (χ2n) is 5.38. The molecule has 0 radical (unpaired) electrons. The number of nitrogens with zero attached hydrogens (tertiary/aromatic N) is 2. The molecule has 0 fully saturated rings. The van der Waals surface area contributed by atoms with Crippen LogP contribution in [0, 0.1) is 0 Å². The average Bonchev–Trinajstić information content (AvgIpc) is 2.91. The summed E-state index contributed by atoms with van der Waals surface area (Å²) in [6.07, 6.45) is 0. The molecule has 2 heterocycles. The zero-order valence-electron chi connectivity index (χ0n) is 12.8. The van der Waals surface area contributed by atoms with Gasteiger partial charge in [-0.3, -0.25) is 4.79 Å². The van der Waals surface area contributed by atoms with Crippen molar-refractivity contribution in [2.45, 2.75) is 0 Å². The van der Waals surface area contributed by atoms with E-state index in [-0.39, 0.29) is 11.6 Å². The molecule has 1 amide bonds. The van der Waals surface area contributed by atoms with Gasteiger partial charge in [-0.2, -0.15) is 0 Å². The maximum atomic E-state index is 12.1. The van der Waals surface area contributed by atoms with Crippen LogP contribution in [-0.4, -0.2) is 29.2 Å². The molecular weight excluding hydrogens is 346 g/mol. The number of H-pyrrole nitrogens is 1. The van der Waals surface area contributed by atoms with Gasteiger partial charge < -0.3 is 19.6 Å². The predicted molar refractivity (Wildman–Crippen MR) is 91.3 cm³/mol. The second kappa shape index (κ2) is 6.10. The van der Waals surface area contributed by atoms with E-state index in [1.165, 1.54) is 6.07 Å². The first kappa shape index (κ1) is 15.5. The summed E-state index contributed by atoms with van der Waals surface area (Å²) >= 11 is 5.86. The average molecular weight is 358 g/mol. The third kappa shape index (κ3) is 2.89. The minimum Gasteiger partial charge on any atom is -0.493 e. The first-order chi connectivity index (χ1) is 12.1. The molecular formula is C17H12ClN3O4. The summed E-state index contributed by atoms with van der Waals surface area (Å²) in [5.41, 5.74) is 1.07. The van der Waals surface area contributed by atoms with Crippen molar-refractivity contribution >= 4 is 34.1 Å². The molecule has 0 saturated heterocycles. The Morgan fingerprint density at radius 2 is 1.92 bits per heavy atom. The summed E-state index contributed by atoms with van der Waals surface area (Å²) < 4.78 is 11.0. The number of amides is 1. The van der Waals surface area contributed by atoms with Gasteiger partial charge in [-0.1, -0.05) is 17.7 Å². The second-order valence-corrected chi connectivity index (χ2v) is 5.82. The van der Waals surface area contributed by atoms with Gasteiger partial charge in [0.15, 0.2) is 17.2 Å². The fourth-order valence-electron chi connectivity index (χ4n) is 2.58. The van der Waals surface area contributed by atoms with Crippen LogP contribution in [0.15, 0.2) is 46.6 Å². The molecule has 2 aromatic carbocycles. The molecule has 1 aliphatic heterocycles. The lowest BCUT2D eigenvalue weighted by molar-refractivity contribution is 0.0995. The lowest BCUT2D eigenvalue weighted by Crippen LogP contribution is -2.15. The normalized spacial score (nSPS) is 13.5. The zero-order chi connectivity index (χ0) is 17.4. The molecule has 25 heavy (non-hydrogen) atoms. The Morgan fingerprint density at radius 3 is 2.68 bits per heavy atom. The third-order valence-electron chi connectivity index (χ3n) is 3.73. The largest absolute Gasteiger partial charge is 0.493 e. The van der Waals surface area contributed by atoms with Gasteiger partial charge in [-0.15, -0.1) is 10.2 Å². The van der Waals surface area contributed by atoms with Crippen molar-refractivity contribution in [3.8, 4) is 17.4 Å². The lowest BCUT2D eigenvalue weighted by Gasteiger charge is -2.17. The van der Waals surface area contributed by atoms with Gasteiger partial charge >= 0.3 is 0 Å². The number of nitrogens with one attached hydrogen (secondary N) is 1. The Morgan fingerprint density at radius 1 is 1.16 bits per heavy atom. The van der Waals surface area contributed by atoms with Gasteiger partial charge in [0.2, 0.25) is 5.88 Å². The van der Waals surface area contributed by atoms with E-state index >= 15 is 0 Å². The Balaban J connectivity index is 1.71. The van der Waals surface area contributed by atoms with E-state index in [1.807, 2.05) is 0 Å². The summed E-state index contributed by atoms with van der Waals surface area (Å²) in [5, 5.41) is 18.7. The fourth-order valence-corrected chi connectivity index (χ4v) is 2.77. The van der Waals surface area contributed by atoms with Crippen LogP contribution < -0.4 is 9.47 Å². The van der Waals surface area contributed by atoms with Gasteiger partial charge in [0.25, 0.3) is 5.91 Å². The first-order valence-electron chi connectivity index (χ1n) is 7.48. The van der Waals surface area contributed by atoms with E-state index < -0.39 is 5.91 Å². The maximum absolute atomic E-state index is 12.1. The summed E-state index contributed by atoms with van der Waals surface area (Å²) in [6, 6.07) is 9.80. The van der Waals surface area contributed by atoms with Crippen molar-refractivity contribution in [1.82, 2.24) is 4.98 Å². The highest BCUT2D eigenvalue weighted by molar-refractivity contribution is 6.31. The van der Waals surface area contributed by atoms with Crippen molar-refractivity contribution in [2.24, 2.45) is 10.2 Å². The number of aromatic amines is 1. The highest BCUT2D eigenvalue weighted by atomic mass is 35.5. The number of aromatic nitrogens is 1. The molecule has 0 atom stereocenters. The van der Waals surface area contributed by atoms with Crippen molar-refractivity contribution in [3.05, 3.63) is 47.0 Å². The Kier molecular flexibility index (Phi) is 3.77. The molecule has 8 heteroatoms. The fraction of sp³-hybridized carbons (Fsp3) is 0.118. The third-order valence-corrected chi connectivity index (χ3v) is 3.96. The summed E-state index contributed by atoms with van der Waals surface area (Å²) in [4.78, 5) is 14.9. The zero-order valence-corrected chi connectivity index (χ0v) is 13.6. The topological polar surface area (TPSA) is 96.3 Å². The van der Waals surface area contributed by atoms with Crippen LogP contribution in [0.1, 0.15) is 10.4 Å². The molecule has 1 aliphatic rings. The Bertz CT molecular complexity index is 1010. The van der Waals surface area contributed by atoms with Crippen LogP contribution in [0.4, 0.5) is 5.69 Å². The molecule has 1 aromatic heterocycles. The highest BCUT2D eigenvalue weighted by Gasteiger charge is 2.18. The highest BCUT2D eigenvalue weighted by Crippen LogP contribution is 2.42. The number of halogens is 1. The van der Waals surface area contributed by atoms with Gasteiger partial charge in [0.05, 0.1) is 5.52 Å². The number of hydrogen-bond donors (Lipinski definition) is 2. The molecule has 4 rings (SSSR count). The van der Waals surface area contributed by atoms with Crippen LogP contribution >= 0.6 is 11.6 Å². The molecule has 2 N–H and O–H groups in total. The summed E-state index contributed by atoms with van der Waals surface area (Å²) in [6.45, 7) is 0.908. The van der Waals surface area contributed by atoms with E-state index in [9.17, 15) is 9.90 Å². The first-order valence-corrected chi connectivity index (χ1v) is 7.85. The van der Waals surface area contributed by atoms with Crippen LogP contribution in [0.3, 0.4) is 0 Å². The van der Waals surface area contributed by atoms with E-state index in [2.05, 4.69) is 15.2 Å². The van der Waals surface area contributed by atoms with E-state index in [4.69, 9.17) is 21.1 Å². The van der Waals surface area contributed by atoms with Crippen LogP contribution in [-0.2, 0) is 0 Å². The quantitative estimate of drug-likeness (QED) is 0.671. The molecule has 0 aliphatic carbocycles. The lowest BCUT2D eigenvalue weighted by atomic mass is 10.2. The summed E-state index contributed by atoms with van der Waals surface area (Å²) in [5.74, 6) is 0.377. The number of ether oxygens (including phenoxy) is 2. The molecule has 126 valence electrons. The van der Waals surface area contributed by atoms with E-state index in [0.29, 0.717) is 46.2 Å². The van der Waals surface area contributed by atoms with Crippen molar-refractivity contribution < 1.29 is 19.4 Å². The van der Waals surface area contributed by atoms with Crippen molar-refractivity contribution in [2.75, 3.05) is 13.2 Å². The number of carbonyl (C=O) groups excluding carboxylic acids is 1. The van der Waals surface area contributed by atoms with Crippen molar-refractivity contribution in [3.63, 3.8) is 0 Å². The van der Waals surface area contributed by atoms with Gasteiger partial charge in [-0.05, 0) is 24.3 Å². The predicted octanol–water partition coefficient (Wildman–Crippen LogP) is 4.22. The molecule has 0 saturated carbocycles. The van der Waals surface area contributed by atoms with Crippen molar-refractivity contribution in [1.29, 1.82) is 0 Å². The van der Waals surface area contributed by atoms with Crippen LogP contribution in [0.5, 0.6) is 17.4 Å². The molecule has 0 bridgehead atoms. The van der Waals surface area contributed by atoms with Gasteiger partial charge in [0.1, 0.15) is 13.2 Å². The molecule has 3 aromatic rings. The smallest absolute Gasteiger partial charge is 0.295 e. The maximum Gasteiger partial charge on any atom is 0.295 e. The Labute approximate surface area is 146 Å². The monoisotopic (exact) mass is 357 g/mol. The van der Waals surface area contributed by atoms with E-state index in [1.54, 1.807) is 30.3 Å². The number of carbonyl (C=O) groups is 1. The molecule has 0 spiro atoms. The number of aromatic hydroxyl groups is 1. The molecule has 0 unspecified atom stereocenters. The SMILES string of the molecule is O=C(N=Nc1c(O)[nH]c2cc3c(cc12)OCCO3)c1cccc(Cl)c1. The number of fused-ring (bicyclic) bond motifs is 2. The van der Waals surface area contributed by atoms with Gasteiger partial charge in [0, 0.05) is 22.0 Å². The standard InChI is InChI=1S/C17H12ClN3O4/c18-10-3-1-2-9(6-10)16(22)21-20-15-11-7-13-14(25-5-4-24-13)8-12(11)19-17(15)23/h1-3,6-8,19,23H,4-5H2. The number of benzene rings is 2. The molecule has 7 nitrogen and oxygen atoms in total. The number of azo groups is 1. The Hall–Kier alpha value is -3.06. The number of rotatable bonds is 2. The number of hydrogen-bond acceptors (Lipinski definition) is 5. The van der Waals surface area contributed by atoms with E-state index in [0.717, 1.165) is 0 Å². The summed E-state index contributed by atoms with van der Waals surface area (Å²) in [7, 11) is 0. The van der Waals surface area contributed by atoms with Crippen LogP contribution in [0.2, 0.25) is 5.02 Å².